The molecule has 0 amide bonds. The number of rotatable bonds is 7. The average Bonchev–Trinajstić information content (AvgIpc) is 3.20. The third-order valence-corrected chi connectivity index (χ3v) is 4.04. The number of ether oxygens (including phenoxy) is 4. The standard InChI is InChI=1S/C21H23NO5/c1-22(2)13-17-11-16(20(23)24-3)12-18(21-25-9-10-26-21)19(17)27-14-15-7-5-4-6-8-15/h4-12,21H,13-14H2,1-3H3. The molecule has 2 aromatic rings. The number of carbonyl (C=O) groups is 1. The fourth-order valence-corrected chi connectivity index (χ4v) is 2.87. The molecule has 2 aromatic carbocycles. The SMILES string of the molecule is COC(=O)c1cc(CN(C)C)c(OCc2ccccc2)c(C2OC=CO2)c1. The smallest absolute Gasteiger partial charge is 0.337 e. The monoisotopic (exact) mass is 369 g/mol. The summed E-state index contributed by atoms with van der Waals surface area (Å²) >= 11 is 0. The summed E-state index contributed by atoms with van der Waals surface area (Å²) in [5.74, 6) is 0.228. The van der Waals surface area contributed by atoms with Crippen LogP contribution in [0.5, 0.6) is 5.75 Å². The molecule has 3 rings (SSSR count). The van der Waals surface area contributed by atoms with Crippen LogP contribution in [0.25, 0.3) is 0 Å². The van der Waals surface area contributed by atoms with E-state index >= 15 is 0 Å². The van der Waals surface area contributed by atoms with Crippen LogP contribution in [0.2, 0.25) is 0 Å². The van der Waals surface area contributed by atoms with E-state index in [2.05, 4.69) is 0 Å². The van der Waals surface area contributed by atoms with Gasteiger partial charge in [-0.1, -0.05) is 30.3 Å². The number of esters is 1. The molecule has 0 N–H and O–H groups in total. The lowest BCUT2D eigenvalue weighted by Crippen LogP contribution is -2.16. The van der Waals surface area contributed by atoms with Crippen molar-refractivity contribution in [1.29, 1.82) is 0 Å². The summed E-state index contributed by atoms with van der Waals surface area (Å²) in [4.78, 5) is 14.1. The Morgan fingerprint density at radius 1 is 1.11 bits per heavy atom. The van der Waals surface area contributed by atoms with Gasteiger partial charge in [0.15, 0.2) is 0 Å². The third kappa shape index (κ3) is 4.60. The average molecular weight is 369 g/mol. The minimum absolute atomic E-state index is 0.395. The lowest BCUT2D eigenvalue weighted by molar-refractivity contribution is -0.0267. The molecule has 1 heterocycles. The van der Waals surface area contributed by atoms with Crippen LogP contribution in [0, 0.1) is 0 Å². The minimum atomic E-state index is -0.665. The van der Waals surface area contributed by atoms with E-state index < -0.39 is 12.3 Å². The highest BCUT2D eigenvalue weighted by atomic mass is 16.7. The molecule has 0 fully saturated rings. The van der Waals surface area contributed by atoms with E-state index in [1.54, 1.807) is 12.1 Å². The molecule has 0 unspecified atom stereocenters. The fraction of sp³-hybridized carbons (Fsp3) is 0.286. The molecule has 0 aromatic heterocycles. The highest BCUT2D eigenvalue weighted by Gasteiger charge is 2.26. The van der Waals surface area contributed by atoms with Crippen molar-refractivity contribution in [2.75, 3.05) is 21.2 Å². The van der Waals surface area contributed by atoms with E-state index in [0.717, 1.165) is 11.1 Å². The Morgan fingerprint density at radius 3 is 2.44 bits per heavy atom. The maximum atomic E-state index is 12.1. The molecule has 0 saturated carbocycles. The lowest BCUT2D eigenvalue weighted by atomic mass is 10.0. The first-order valence-electron chi connectivity index (χ1n) is 8.61. The van der Waals surface area contributed by atoms with Gasteiger partial charge in [0.1, 0.15) is 24.9 Å². The van der Waals surface area contributed by atoms with Crippen molar-refractivity contribution < 1.29 is 23.7 Å². The number of carbonyl (C=O) groups excluding carboxylic acids is 1. The highest BCUT2D eigenvalue weighted by Crippen LogP contribution is 2.36. The van der Waals surface area contributed by atoms with E-state index in [1.165, 1.54) is 19.6 Å². The molecule has 1 aliphatic rings. The fourth-order valence-electron chi connectivity index (χ4n) is 2.87. The van der Waals surface area contributed by atoms with Crippen LogP contribution in [0.3, 0.4) is 0 Å². The zero-order valence-electron chi connectivity index (χ0n) is 15.7. The van der Waals surface area contributed by atoms with Gasteiger partial charge in [-0.2, -0.15) is 0 Å². The van der Waals surface area contributed by atoms with Crippen molar-refractivity contribution in [2.45, 2.75) is 19.4 Å². The Balaban J connectivity index is 2.01. The van der Waals surface area contributed by atoms with Crippen LogP contribution in [0.15, 0.2) is 55.0 Å². The molecule has 0 radical (unpaired) electrons. The number of hydrogen-bond acceptors (Lipinski definition) is 6. The molecule has 0 aliphatic carbocycles. The highest BCUT2D eigenvalue weighted by molar-refractivity contribution is 5.90. The quantitative estimate of drug-likeness (QED) is 0.695. The van der Waals surface area contributed by atoms with Crippen LogP contribution >= 0.6 is 0 Å². The third-order valence-electron chi connectivity index (χ3n) is 4.04. The van der Waals surface area contributed by atoms with Crippen LogP contribution < -0.4 is 4.74 Å². The Hall–Kier alpha value is -2.99. The Morgan fingerprint density at radius 2 is 1.81 bits per heavy atom. The summed E-state index contributed by atoms with van der Waals surface area (Å²) in [6, 6.07) is 13.4. The molecular weight excluding hydrogens is 346 g/mol. The van der Waals surface area contributed by atoms with E-state index in [-0.39, 0.29) is 0 Å². The second kappa shape index (κ2) is 8.60. The van der Waals surface area contributed by atoms with Gasteiger partial charge in [0, 0.05) is 12.1 Å². The number of methoxy groups -OCH3 is 1. The Labute approximate surface area is 158 Å². The predicted octanol–water partition coefficient (Wildman–Crippen LogP) is 3.63. The van der Waals surface area contributed by atoms with Crippen LogP contribution in [-0.4, -0.2) is 32.1 Å². The summed E-state index contributed by atoms with van der Waals surface area (Å²) in [6.45, 7) is 0.980. The van der Waals surface area contributed by atoms with Gasteiger partial charge in [-0.3, -0.25) is 0 Å². The van der Waals surface area contributed by atoms with E-state index in [1.807, 2.05) is 49.3 Å². The van der Waals surface area contributed by atoms with Crippen molar-refractivity contribution >= 4 is 5.97 Å². The predicted molar refractivity (Wildman–Crippen MR) is 100.0 cm³/mol. The van der Waals surface area contributed by atoms with Crippen molar-refractivity contribution in [1.82, 2.24) is 4.90 Å². The maximum Gasteiger partial charge on any atom is 0.337 e. The van der Waals surface area contributed by atoms with Gasteiger partial charge < -0.3 is 23.8 Å². The molecule has 0 bridgehead atoms. The minimum Gasteiger partial charge on any atom is -0.488 e. The molecular formula is C21H23NO5. The topological polar surface area (TPSA) is 57.2 Å². The molecule has 1 aliphatic heterocycles. The van der Waals surface area contributed by atoms with Crippen molar-refractivity contribution in [3.63, 3.8) is 0 Å². The molecule has 27 heavy (non-hydrogen) atoms. The van der Waals surface area contributed by atoms with E-state index in [9.17, 15) is 4.79 Å². The van der Waals surface area contributed by atoms with Gasteiger partial charge in [-0.05, 0) is 31.8 Å². The van der Waals surface area contributed by atoms with E-state index in [0.29, 0.717) is 30.0 Å². The van der Waals surface area contributed by atoms with Crippen LogP contribution in [-0.2, 0) is 27.4 Å². The van der Waals surface area contributed by atoms with Crippen molar-refractivity contribution in [3.8, 4) is 5.75 Å². The first-order chi connectivity index (χ1) is 13.1. The largest absolute Gasteiger partial charge is 0.488 e. The molecule has 0 atom stereocenters. The molecule has 142 valence electrons. The Kier molecular flexibility index (Phi) is 5.98. The number of benzene rings is 2. The van der Waals surface area contributed by atoms with Gasteiger partial charge in [0.05, 0.1) is 18.2 Å². The molecule has 6 nitrogen and oxygen atoms in total. The van der Waals surface area contributed by atoms with Gasteiger partial charge in [-0.25, -0.2) is 4.79 Å². The zero-order chi connectivity index (χ0) is 19.2. The van der Waals surface area contributed by atoms with Crippen LogP contribution in [0.1, 0.15) is 33.3 Å². The van der Waals surface area contributed by atoms with Crippen molar-refractivity contribution in [2.24, 2.45) is 0 Å². The van der Waals surface area contributed by atoms with Crippen molar-refractivity contribution in [3.05, 3.63) is 77.2 Å². The van der Waals surface area contributed by atoms with Gasteiger partial charge in [0.2, 0.25) is 0 Å². The number of hydrogen-bond donors (Lipinski definition) is 0. The van der Waals surface area contributed by atoms with Crippen LogP contribution in [0.4, 0.5) is 0 Å². The summed E-state index contributed by atoms with van der Waals surface area (Å²) in [6.07, 6.45) is 2.28. The van der Waals surface area contributed by atoms with Gasteiger partial charge >= 0.3 is 5.97 Å². The summed E-state index contributed by atoms with van der Waals surface area (Å²) < 4.78 is 22.1. The normalized spacial score (nSPS) is 13.3. The number of nitrogens with zero attached hydrogens (tertiary/aromatic N) is 1. The van der Waals surface area contributed by atoms with Gasteiger partial charge in [0.25, 0.3) is 6.29 Å². The molecule has 0 spiro atoms. The summed E-state index contributed by atoms with van der Waals surface area (Å²) in [5.41, 5.74) is 2.97. The maximum absolute atomic E-state index is 12.1. The van der Waals surface area contributed by atoms with E-state index in [4.69, 9.17) is 18.9 Å². The lowest BCUT2D eigenvalue weighted by Gasteiger charge is -2.22. The summed E-state index contributed by atoms with van der Waals surface area (Å²) in [7, 11) is 5.27. The zero-order valence-corrected chi connectivity index (χ0v) is 15.7. The second-order valence-electron chi connectivity index (χ2n) is 6.43. The second-order valence-corrected chi connectivity index (χ2v) is 6.43. The summed E-state index contributed by atoms with van der Waals surface area (Å²) in [5, 5.41) is 0. The first-order valence-corrected chi connectivity index (χ1v) is 8.61. The molecule has 0 saturated heterocycles. The Bertz CT molecular complexity index is 809. The molecule has 6 heteroatoms. The van der Waals surface area contributed by atoms with Gasteiger partial charge in [-0.15, -0.1) is 0 Å². The first kappa shape index (κ1) is 18.8.